The SMILES string of the molecule is O=C(NCc1cnc2[nH]cc(Cl)c2c1)c1ccnc(Cc2ccc3ncc(F)cc3c2)c1. The van der Waals surface area contributed by atoms with Gasteiger partial charge in [0.15, 0.2) is 0 Å². The molecule has 8 heteroatoms. The number of hydrogen-bond donors (Lipinski definition) is 2. The largest absolute Gasteiger partial charge is 0.348 e. The molecule has 5 aromatic rings. The van der Waals surface area contributed by atoms with Gasteiger partial charge < -0.3 is 10.3 Å². The van der Waals surface area contributed by atoms with E-state index < -0.39 is 0 Å². The Balaban J connectivity index is 1.29. The maximum atomic E-state index is 13.5. The highest BCUT2D eigenvalue weighted by atomic mass is 35.5. The predicted octanol–water partition coefficient (Wildman–Crippen LogP) is 4.82. The number of amides is 1. The molecule has 32 heavy (non-hydrogen) atoms. The summed E-state index contributed by atoms with van der Waals surface area (Å²) in [4.78, 5) is 28.4. The molecule has 1 amide bonds. The highest BCUT2D eigenvalue weighted by Crippen LogP contribution is 2.22. The van der Waals surface area contributed by atoms with Gasteiger partial charge in [0.2, 0.25) is 0 Å². The summed E-state index contributed by atoms with van der Waals surface area (Å²) >= 11 is 6.14. The number of carbonyl (C=O) groups is 1. The third-order valence-electron chi connectivity index (χ3n) is 5.17. The van der Waals surface area contributed by atoms with Crippen molar-refractivity contribution in [1.82, 2.24) is 25.3 Å². The van der Waals surface area contributed by atoms with Gasteiger partial charge in [0.1, 0.15) is 11.5 Å². The molecule has 1 aromatic carbocycles. The fraction of sp³-hybridized carbons (Fsp3) is 0.0833. The van der Waals surface area contributed by atoms with Gasteiger partial charge in [-0.25, -0.2) is 9.37 Å². The van der Waals surface area contributed by atoms with E-state index in [4.69, 9.17) is 11.6 Å². The van der Waals surface area contributed by atoms with Crippen LogP contribution in [0.3, 0.4) is 0 Å². The maximum absolute atomic E-state index is 13.5. The molecule has 2 N–H and O–H groups in total. The fourth-order valence-electron chi connectivity index (χ4n) is 3.59. The molecule has 0 bridgehead atoms. The summed E-state index contributed by atoms with van der Waals surface area (Å²) in [6.45, 7) is 0.324. The van der Waals surface area contributed by atoms with Gasteiger partial charge in [-0.2, -0.15) is 0 Å². The van der Waals surface area contributed by atoms with E-state index in [0.717, 1.165) is 33.1 Å². The number of halogens is 2. The number of hydrogen-bond acceptors (Lipinski definition) is 4. The fourth-order valence-corrected chi connectivity index (χ4v) is 3.78. The number of aromatic amines is 1. The molecule has 0 spiro atoms. The summed E-state index contributed by atoms with van der Waals surface area (Å²) in [5.41, 5.74) is 4.48. The first-order chi connectivity index (χ1) is 15.5. The molecule has 5 rings (SSSR count). The molecule has 0 saturated carbocycles. The van der Waals surface area contributed by atoms with Crippen molar-refractivity contribution >= 4 is 39.4 Å². The lowest BCUT2D eigenvalue weighted by Crippen LogP contribution is -2.23. The number of nitrogens with one attached hydrogen (secondary N) is 2. The first-order valence-electron chi connectivity index (χ1n) is 9.94. The number of H-pyrrole nitrogens is 1. The number of aromatic nitrogens is 4. The number of benzene rings is 1. The molecular formula is C24H17ClFN5O. The van der Waals surface area contributed by atoms with Crippen molar-refractivity contribution in [3.63, 3.8) is 0 Å². The molecule has 158 valence electrons. The van der Waals surface area contributed by atoms with Gasteiger partial charge in [-0.3, -0.25) is 14.8 Å². The van der Waals surface area contributed by atoms with Crippen LogP contribution in [0, 0.1) is 5.82 Å². The van der Waals surface area contributed by atoms with Crippen molar-refractivity contribution in [3.05, 3.63) is 100 Å². The molecule has 0 saturated heterocycles. The van der Waals surface area contributed by atoms with Gasteiger partial charge in [-0.1, -0.05) is 17.7 Å². The minimum absolute atomic E-state index is 0.210. The monoisotopic (exact) mass is 445 g/mol. The number of carbonyl (C=O) groups excluding carboxylic acids is 1. The van der Waals surface area contributed by atoms with E-state index in [-0.39, 0.29) is 11.7 Å². The Hall–Kier alpha value is -3.84. The molecule has 0 unspecified atom stereocenters. The van der Waals surface area contributed by atoms with Crippen molar-refractivity contribution in [3.8, 4) is 0 Å². The van der Waals surface area contributed by atoms with Crippen molar-refractivity contribution in [2.75, 3.05) is 0 Å². The second kappa shape index (κ2) is 8.36. The Morgan fingerprint density at radius 3 is 2.84 bits per heavy atom. The molecule has 4 aromatic heterocycles. The van der Waals surface area contributed by atoms with Crippen molar-refractivity contribution < 1.29 is 9.18 Å². The van der Waals surface area contributed by atoms with Crippen LogP contribution in [-0.4, -0.2) is 25.8 Å². The van der Waals surface area contributed by atoms with Crippen LogP contribution >= 0.6 is 11.6 Å². The Bertz CT molecular complexity index is 1470. The zero-order valence-electron chi connectivity index (χ0n) is 16.8. The Morgan fingerprint density at radius 1 is 1.03 bits per heavy atom. The molecule has 0 aliphatic carbocycles. The molecule has 0 aliphatic rings. The number of rotatable bonds is 5. The average molecular weight is 446 g/mol. The summed E-state index contributed by atoms with van der Waals surface area (Å²) in [5.74, 6) is -0.585. The van der Waals surface area contributed by atoms with Gasteiger partial charge in [-0.05, 0) is 47.5 Å². The van der Waals surface area contributed by atoms with E-state index >= 15 is 0 Å². The van der Waals surface area contributed by atoms with E-state index in [0.29, 0.717) is 29.2 Å². The first kappa shape index (κ1) is 20.1. The topological polar surface area (TPSA) is 83.6 Å². The van der Waals surface area contributed by atoms with Crippen molar-refractivity contribution in [2.45, 2.75) is 13.0 Å². The third kappa shape index (κ3) is 4.15. The lowest BCUT2D eigenvalue weighted by molar-refractivity contribution is 0.0950. The van der Waals surface area contributed by atoms with Crippen LogP contribution < -0.4 is 5.32 Å². The van der Waals surface area contributed by atoms with Crippen LogP contribution in [0.15, 0.2) is 67.3 Å². The lowest BCUT2D eigenvalue weighted by atomic mass is 10.0. The second-order valence-corrected chi connectivity index (χ2v) is 7.86. The molecule has 4 heterocycles. The summed E-state index contributed by atoms with van der Waals surface area (Å²) in [6, 6.07) is 12.4. The molecule has 0 radical (unpaired) electrons. The molecule has 6 nitrogen and oxygen atoms in total. The van der Waals surface area contributed by atoms with Crippen molar-refractivity contribution in [2.24, 2.45) is 0 Å². The molecule has 0 atom stereocenters. The average Bonchev–Trinajstić information content (AvgIpc) is 3.17. The van der Waals surface area contributed by atoms with Crippen LogP contribution in [0.1, 0.15) is 27.2 Å². The van der Waals surface area contributed by atoms with Crippen molar-refractivity contribution in [1.29, 1.82) is 0 Å². The predicted molar refractivity (Wildman–Crippen MR) is 121 cm³/mol. The third-order valence-corrected chi connectivity index (χ3v) is 5.48. The minimum atomic E-state index is -0.375. The van der Waals surface area contributed by atoms with Crippen LogP contribution in [0.25, 0.3) is 21.9 Å². The quantitative estimate of drug-likeness (QED) is 0.406. The number of nitrogens with zero attached hydrogens (tertiary/aromatic N) is 3. The van der Waals surface area contributed by atoms with Crippen LogP contribution in [-0.2, 0) is 13.0 Å². The Kier molecular flexibility index (Phi) is 5.25. The first-order valence-corrected chi connectivity index (χ1v) is 10.3. The van der Waals surface area contributed by atoms with E-state index in [2.05, 4.69) is 25.3 Å². The van der Waals surface area contributed by atoms with Crippen LogP contribution in [0.5, 0.6) is 0 Å². The van der Waals surface area contributed by atoms with E-state index in [1.807, 2.05) is 24.3 Å². The Labute approximate surface area is 187 Å². The number of fused-ring (bicyclic) bond motifs is 2. The summed E-state index contributed by atoms with van der Waals surface area (Å²) in [7, 11) is 0. The highest BCUT2D eigenvalue weighted by molar-refractivity contribution is 6.35. The van der Waals surface area contributed by atoms with Gasteiger partial charge in [0.05, 0.1) is 16.7 Å². The normalized spacial score (nSPS) is 11.2. The van der Waals surface area contributed by atoms with Gasteiger partial charge in [-0.15, -0.1) is 0 Å². The van der Waals surface area contributed by atoms with Gasteiger partial charge >= 0.3 is 0 Å². The zero-order valence-corrected chi connectivity index (χ0v) is 17.5. The smallest absolute Gasteiger partial charge is 0.251 e. The Morgan fingerprint density at radius 2 is 1.94 bits per heavy atom. The lowest BCUT2D eigenvalue weighted by Gasteiger charge is -2.08. The van der Waals surface area contributed by atoms with E-state index in [1.165, 1.54) is 12.3 Å². The standard InChI is InChI=1S/C24H17ClFN5O/c25-21-13-30-23-20(21)7-15(10-29-23)11-31-24(32)16-3-4-27-19(9-16)6-14-1-2-22-17(5-14)8-18(26)12-28-22/h1-5,7-10,12-13H,6,11H2,(H,29,30)(H,31,32). The van der Waals surface area contributed by atoms with Crippen LogP contribution in [0.4, 0.5) is 4.39 Å². The maximum Gasteiger partial charge on any atom is 0.251 e. The zero-order chi connectivity index (χ0) is 22.1. The van der Waals surface area contributed by atoms with E-state index in [9.17, 15) is 9.18 Å². The highest BCUT2D eigenvalue weighted by Gasteiger charge is 2.10. The van der Waals surface area contributed by atoms with Gasteiger partial charge in [0, 0.05) is 53.6 Å². The molecule has 0 fully saturated rings. The minimum Gasteiger partial charge on any atom is -0.348 e. The second-order valence-electron chi connectivity index (χ2n) is 7.45. The van der Waals surface area contributed by atoms with Gasteiger partial charge in [0.25, 0.3) is 5.91 Å². The number of pyridine rings is 3. The molecular weight excluding hydrogens is 429 g/mol. The summed E-state index contributed by atoms with van der Waals surface area (Å²) < 4.78 is 13.5. The molecule has 0 aliphatic heterocycles. The summed E-state index contributed by atoms with van der Waals surface area (Å²) in [6.07, 6.45) is 6.71. The summed E-state index contributed by atoms with van der Waals surface area (Å²) in [5, 5.41) is 5.03. The van der Waals surface area contributed by atoms with Crippen LogP contribution in [0.2, 0.25) is 5.02 Å². The van der Waals surface area contributed by atoms with E-state index in [1.54, 1.807) is 30.7 Å².